The summed E-state index contributed by atoms with van der Waals surface area (Å²) < 4.78 is 5.51. The maximum absolute atomic E-state index is 5.60. The summed E-state index contributed by atoms with van der Waals surface area (Å²) in [5.41, 5.74) is 1.25. The first-order valence-corrected chi connectivity index (χ1v) is 6.21. The normalized spacial score (nSPS) is 10.8. The molecule has 0 aliphatic rings. The Balaban J connectivity index is 2.28. The Kier molecular flexibility index (Phi) is 3.38. The number of rotatable bonds is 4. The highest BCUT2D eigenvalue weighted by molar-refractivity contribution is 7.13. The van der Waals surface area contributed by atoms with Crippen LogP contribution in [0.4, 0.5) is 0 Å². The lowest BCUT2D eigenvalue weighted by Gasteiger charge is -1.93. The number of nitrogens with zero attached hydrogens (tertiary/aromatic N) is 2. The average molecular weight is 243 g/mol. The molecule has 2 aromatic rings. The maximum atomic E-state index is 5.60. The molecule has 0 saturated carbocycles. The van der Waals surface area contributed by atoms with E-state index in [1.807, 2.05) is 5.38 Å². The van der Waals surface area contributed by atoms with Crippen LogP contribution in [0.2, 0.25) is 0 Å². The average Bonchev–Trinajstić information content (AvgIpc) is 2.84. The molecule has 80 valence electrons. The van der Waals surface area contributed by atoms with Gasteiger partial charge in [-0.1, -0.05) is 6.92 Å². The van der Waals surface area contributed by atoms with Crippen molar-refractivity contribution in [2.75, 3.05) is 5.88 Å². The second-order valence-electron chi connectivity index (χ2n) is 3.07. The van der Waals surface area contributed by atoms with Crippen LogP contribution in [-0.4, -0.2) is 16.1 Å². The Morgan fingerprint density at radius 2 is 2.33 bits per heavy atom. The van der Waals surface area contributed by atoms with Gasteiger partial charge >= 0.3 is 0 Å². The smallest absolute Gasteiger partial charge is 0.258 e. The third-order valence-corrected chi connectivity index (χ3v) is 3.23. The zero-order valence-electron chi connectivity index (χ0n) is 8.36. The van der Waals surface area contributed by atoms with E-state index >= 15 is 0 Å². The third-order valence-electron chi connectivity index (χ3n) is 2.10. The Bertz CT molecular complexity index is 438. The molecule has 0 aliphatic heterocycles. The highest BCUT2D eigenvalue weighted by Gasteiger charge is 2.12. The first-order valence-electron chi connectivity index (χ1n) is 4.80. The Labute approximate surface area is 97.1 Å². The fourth-order valence-electron chi connectivity index (χ4n) is 1.33. The van der Waals surface area contributed by atoms with Crippen molar-refractivity contribution in [2.45, 2.75) is 19.8 Å². The second-order valence-corrected chi connectivity index (χ2v) is 4.36. The van der Waals surface area contributed by atoms with E-state index in [1.54, 1.807) is 11.3 Å². The van der Waals surface area contributed by atoms with E-state index < -0.39 is 0 Å². The van der Waals surface area contributed by atoms with E-state index in [0.29, 0.717) is 24.1 Å². The van der Waals surface area contributed by atoms with Crippen molar-refractivity contribution in [1.82, 2.24) is 10.2 Å². The van der Waals surface area contributed by atoms with Crippen LogP contribution in [0.3, 0.4) is 0 Å². The summed E-state index contributed by atoms with van der Waals surface area (Å²) in [5, 5.41) is 10.0. The van der Waals surface area contributed by atoms with Gasteiger partial charge in [0.2, 0.25) is 5.89 Å². The number of alkyl halides is 1. The van der Waals surface area contributed by atoms with Crippen LogP contribution in [0.15, 0.2) is 15.9 Å². The van der Waals surface area contributed by atoms with Crippen LogP contribution in [0.25, 0.3) is 10.8 Å². The van der Waals surface area contributed by atoms with Gasteiger partial charge in [0, 0.05) is 12.3 Å². The van der Waals surface area contributed by atoms with Crippen LogP contribution in [0.1, 0.15) is 18.4 Å². The predicted molar refractivity (Wildman–Crippen MR) is 61.4 cm³/mol. The van der Waals surface area contributed by atoms with E-state index in [4.69, 9.17) is 16.0 Å². The van der Waals surface area contributed by atoms with Crippen molar-refractivity contribution in [3.63, 3.8) is 0 Å². The van der Waals surface area contributed by atoms with Gasteiger partial charge < -0.3 is 4.42 Å². The number of hydrogen-bond acceptors (Lipinski definition) is 4. The summed E-state index contributed by atoms with van der Waals surface area (Å²) in [4.78, 5) is 1.07. The third kappa shape index (κ3) is 2.21. The molecule has 15 heavy (non-hydrogen) atoms. The van der Waals surface area contributed by atoms with Crippen molar-refractivity contribution >= 4 is 22.9 Å². The van der Waals surface area contributed by atoms with Gasteiger partial charge in [0.15, 0.2) is 0 Å². The van der Waals surface area contributed by atoms with Crippen molar-refractivity contribution < 1.29 is 4.42 Å². The fourth-order valence-corrected chi connectivity index (χ4v) is 2.41. The lowest BCUT2D eigenvalue weighted by atomic mass is 10.2. The molecule has 2 heterocycles. The van der Waals surface area contributed by atoms with Crippen molar-refractivity contribution in [1.29, 1.82) is 0 Å². The van der Waals surface area contributed by atoms with Crippen molar-refractivity contribution in [2.24, 2.45) is 0 Å². The van der Waals surface area contributed by atoms with Gasteiger partial charge in [-0.15, -0.1) is 33.1 Å². The number of halogens is 1. The standard InChI is InChI=1S/C10H11ClN2OS/c1-2-7-4-6-15-9(7)10-13-12-8(14-10)3-5-11/h4,6H,2-3,5H2,1H3. The van der Waals surface area contributed by atoms with Crippen LogP contribution < -0.4 is 0 Å². The fraction of sp³-hybridized carbons (Fsp3) is 0.400. The molecule has 3 nitrogen and oxygen atoms in total. The van der Waals surface area contributed by atoms with E-state index in [9.17, 15) is 0 Å². The zero-order chi connectivity index (χ0) is 10.7. The lowest BCUT2D eigenvalue weighted by Crippen LogP contribution is -1.84. The van der Waals surface area contributed by atoms with Crippen LogP contribution >= 0.6 is 22.9 Å². The minimum Gasteiger partial charge on any atom is -0.420 e. The predicted octanol–water partition coefficient (Wildman–Crippen LogP) is 3.14. The van der Waals surface area contributed by atoms with Crippen molar-refractivity contribution in [3.05, 3.63) is 22.9 Å². The molecule has 0 unspecified atom stereocenters. The summed E-state index contributed by atoms with van der Waals surface area (Å²) in [6, 6.07) is 2.09. The molecule has 2 aromatic heterocycles. The molecule has 2 rings (SSSR count). The molecule has 0 aromatic carbocycles. The lowest BCUT2D eigenvalue weighted by molar-refractivity contribution is 0.514. The zero-order valence-corrected chi connectivity index (χ0v) is 9.94. The quantitative estimate of drug-likeness (QED) is 0.774. The summed E-state index contributed by atoms with van der Waals surface area (Å²) >= 11 is 7.23. The number of thiophene rings is 1. The molecule has 0 saturated heterocycles. The van der Waals surface area contributed by atoms with Crippen molar-refractivity contribution in [3.8, 4) is 10.8 Å². The summed E-state index contributed by atoms with van der Waals surface area (Å²) in [6.45, 7) is 2.11. The van der Waals surface area contributed by atoms with Gasteiger partial charge in [0.05, 0.1) is 4.88 Å². The molecule has 0 aliphatic carbocycles. The molecular weight excluding hydrogens is 232 g/mol. The molecule has 0 N–H and O–H groups in total. The number of aryl methyl sites for hydroxylation is 2. The van der Waals surface area contributed by atoms with Crippen LogP contribution in [-0.2, 0) is 12.8 Å². The van der Waals surface area contributed by atoms with Crippen LogP contribution in [0, 0.1) is 0 Å². The van der Waals surface area contributed by atoms with Gasteiger partial charge in [-0.25, -0.2) is 0 Å². The molecule has 0 fully saturated rings. The monoisotopic (exact) mass is 242 g/mol. The molecule has 0 spiro atoms. The summed E-state index contributed by atoms with van der Waals surface area (Å²) in [5.74, 6) is 1.73. The molecule has 5 heteroatoms. The highest BCUT2D eigenvalue weighted by atomic mass is 35.5. The molecule has 0 bridgehead atoms. The first kappa shape index (κ1) is 10.6. The SMILES string of the molecule is CCc1ccsc1-c1nnc(CCCl)o1. The maximum Gasteiger partial charge on any atom is 0.258 e. The molecular formula is C10H11ClN2OS. The topological polar surface area (TPSA) is 38.9 Å². The van der Waals surface area contributed by atoms with Gasteiger partial charge in [-0.3, -0.25) is 0 Å². The number of hydrogen-bond donors (Lipinski definition) is 0. The number of aromatic nitrogens is 2. The summed E-state index contributed by atoms with van der Waals surface area (Å²) in [7, 11) is 0. The van der Waals surface area contributed by atoms with Gasteiger partial charge in [-0.05, 0) is 23.4 Å². The largest absolute Gasteiger partial charge is 0.420 e. The van der Waals surface area contributed by atoms with Gasteiger partial charge in [-0.2, -0.15) is 0 Å². The minimum atomic E-state index is 0.507. The summed E-state index contributed by atoms with van der Waals surface area (Å²) in [6.07, 6.45) is 1.60. The molecule has 0 amide bonds. The Morgan fingerprint density at radius 3 is 3.07 bits per heavy atom. The first-order chi connectivity index (χ1) is 7.35. The van der Waals surface area contributed by atoms with E-state index in [2.05, 4.69) is 23.2 Å². The van der Waals surface area contributed by atoms with E-state index in [-0.39, 0.29) is 0 Å². The Hall–Kier alpha value is -0.870. The van der Waals surface area contributed by atoms with E-state index in [0.717, 1.165) is 11.3 Å². The molecule has 0 atom stereocenters. The highest BCUT2D eigenvalue weighted by Crippen LogP contribution is 2.28. The minimum absolute atomic E-state index is 0.507. The van der Waals surface area contributed by atoms with Crippen LogP contribution in [0.5, 0.6) is 0 Å². The Morgan fingerprint density at radius 1 is 1.47 bits per heavy atom. The second kappa shape index (κ2) is 4.77. The van der Waals surface area contributed by atoms with E-state index in [1.165, 1.54) is 5.56 Å². The van der Waals surface area contributed by atoms with Gasteiger partial charge in [0.25, 0.3) is 5.89 Å². The molecule has 0 radical (unpaired) electrons. The van der Waals surface area contributed by atoms with Gasteiger partial charge in [0.1, 0.15) is 0 Å².